The number of anilines is 1. The lowest BCUT2D eigenvalue weighted by Gasteiger charge is -2.30. The SMILES string of the molecule is C#CCC(=O)SCCNC(=O)CCNC(=O)[C@H](O)C(C)(C)COP(=O)(O)OP(=O)(O)OC[C@H]1O[C@@H](n2cnc3c(N)ncnc32)[C@H](O)[C@@H]1OP(=O)(O)O. The Kier molecular flexibility index (Phi) is 15.7. The van der Waals surface area contributed by atoms with Gasteiger partial charge in [0, 0.05) is 30.7 Å². The highest BCUT2D eigenvalue weighted by atomic mass is 32.2. The van der Waals surface area contributed by atoms with Gasteiger partial charge in [0.2, 0.25) is 16.9 Å². The molecule has 10 N–H and O–H groups in total. The van der Waals surface area contributed by atoms with E-state index in [1.54, 1.807) is 0 Å². The molecule has 296 valence electrons. The summed E-state index contributed by atoms with van der Waals surface area (Å²) in [5, 5.41) is 26.0. The number of amides is 2. The average Bonchev–Trinajstić information content (AvgIpc) is 3.61. The summed E-state index contributed by atoms with van der Waals surface area (Å²) in [6, 6.07) is 0. The predicted octanol–water partition coefficient (Wildman–Crippen LogP) is -1.31. The molecule has 7 atom stereocenters. The first-order chi connectivity index (χ1) is 24.6. The Morgan fingerprint density at radius 1 is 1.11 bits per heavy atom. The number of terminal acetylenes is 1. The van der Waals surface area contributed by atoms with E-state index in [1.165, 1.54) is 13.8 Å². The Morgan fingerprint density at radius 3 is 2.45 bits per heavy atom. The number of fused-ring (bicyclic) bond motifs is 1. The highest BCUT2D eigenvalue weighted by Gasteiger charge is 2.50. The van der Waals surface area contributed by atoms with Crippen molar-refractivity contribution in [2.75, 3.05) is 37.8 Å². The second-order valence-electron chi connectivity index (χ2n) is 11.7. The number of aliphatic hydroxyl groups excluding tert-OH is 2. The Balaban J connectivity index is 1.52. The topological polar surface area (TPSA) is 364 Å². The number of phosphoric acid groups is 3. The van der Waals surface area contributed by atoms with Gasteiger partial charge < -0.3 is 50.9 Å². The Bertz CT molecular complexity index is 1820. The zero-order chi connectivity index (χ0) is 39.8. The molecule has 53 heavy (non-hydrogen) atoms. The second kappa shape index (κ2) is 18.6. The van der Waals surface area contributed by atoms with E-state index in [0.29, 0.717) is 0 Å². The summed E-state index contributed by atoms with van der Waals surface area (Å²) in [7, 11) is -16.4. The number of nitrogen functional groups attached to an aromatic ring is 1. The molecule has 3 heterocycles. The number of thioether (sulfide) groups is 1. The molecule has 1 aliphatic rings. The van der Waals surface area contributed by atoms with Gasteiger partial charge in [-0.1, -0.05) is 31.5 Å². The van der Waals surface area contributed by atoms with E-state index >= 15 is 0 Å². The lowest BCUT2D eigenvalue weighted by molar-refractivity contribution is -0.137. The minimum absolute atomic E-state index is 0.0273. The van der Waals surface area contributed by atoms with Crippen LogP contribution in [0.15, 0.2) is 12.7 Å². The summed E-state index contributed by atoms with van der Waals surface area (Å²) in [5.74, 6) is 0.991. The molecule has 0 aliphatic carbocycles. The molecule has 0 aromatic carbocycles. The van der Waals surface area contributed by atoms with Crippen LogP contribution in [0.4, 0.5) is 5.82 Å². The van der Waals surface area contributed by atoms with Crippen LogP contribution in [0.1, 0.15) is 32.9 Å². The Labute approximate surface area is 305 Å². The van der Waals surface area contributed by atoms with Crippen molar-refractivity contribution >= 4 is 69.1 Å². The smallest absolute Gasteiger partial charge is 0.386 e. The molecule has 28 heteroatoms. The number of nitrogens with one attached hydrogen (secondary N) is 2. The van der Waals surface area contributed by atoms with Crippen LogP contribution < -0.4 is 16.4 Å². The quantitative estimate of drug-likeness (QED) is 0.0425. The number of nitrogens with two attached hydrogens (primary N) is 1. The number of aliphatic hydroxyl groups is 2. The van der Waals surface area contributed by atoms with Gasteiger partial charge in [-0.05, 0) is 0 Å². The lowest BCUT2D eigenvalue weighted by Crippen LogP contribution is -2.46. The van der Waals surface area contributed by atoms with Gasteiger partial charge in [0.25, 0.3) is 0 Å². The van der Waals surface area contributed by atoms with Crippen LogP contribution in [-0.2, 0) is 50.7 Å². The van der Waals surface area contributed by atoms with Crippen molar-refractivity contribution in [1.82, 2.24) is 30.2 Å². The molecule has 1 aliphatic heterocycles. The highest BCUT2D eigenvalue weighted by Crippen LogP contribution is 2.61. The van der Waals surface area contributed by atoms with Crippen molar-refractivity contribution in [3.05, 3.63) is 12.7 Å². The van der Waals surface area contributed by atoms with Gasteiger partial charge >= 0.3 is 23.5 Å². The van der Waals surface area contributed by atoms with Gasteiger partial charge in [0.05, 0.1) is 26.0 Å². The number of aromatic nitrogens is 4. The predicted molar refractivity (Wildman–Crippen MR) is 181 cm³/mol. The fraction of sp³-hybridized carbons (Fsp3) is 0.600. The summed E-state index contributed by atoms with van der Waals surface area (Å²) < 4.78 is 61.9. The molecular weight excluding hydrogens is 795 g/mol. The van der Waals surface area contributed by atoms with E-state index in [0.717, 1.165) is 29.0 Å². The van der Waals surface area contributed by atoms with Gasteiger partial charge in [0.15, 0.2) is 17.7 Å². The molecule has 0 spiro atoms. The number of ether oxygens (including phenoxy) is 1. The van der Waals surface area contributed by atoms with E-state index in [9.17, 15) is 57.9 Å². The van der Waals surface area contributed by atoms with Gasteiger partial charge in [-0.3, -0.25) is 32.5 Å². The Hall–Kier alpha value is -2.88. The van der Waals surface area contributed by atoms with E-state index in [-0.39, 0.29) is 53.8 Å². The number of imidazole rings is 1. The van der Waals surface area contributed by atoms with Gasteiger partial charge in [0.1, 0.15) is 36.3 Å². The number of phosphoric ester groups is 3. The molecule has 2 amide bonds. The van der Waals surface area contributed by atoms with E-state index in [1.807, 2.05) is 0 Å². The summed E-state index contributed by atoms with van der Waals surface area (Å²) in [6.45, 7) is 0.402. The van der Waals surface area contributed by atoms with E-state index in [2.05, 4.69) is 40.3 Å². The van der Waals surface area contributed by atoms with Crippen molar-refractivity contribution < 1.29 is 80.5 Å². The zero-order valence-corrected chi connectivity index (χ0v) is 31.4. The molecule has 1 fully saturated rings. The van der Waals surface area contributed by atoms with Crippen LogP contribution in [0.25, 0.3) is 11.2 Å². The number of carbonyl (C=O) groups excluding carboxylic acids is 3. The zero-order valence-electron chi connectivity index (χ0n) is 27.9. The monoisotopic (exact) mass is 833 g/mol. The standard InChI is InChI=1S/C25H38N7O17P3S/c1-4-5-16(34)53-9-8-27-15(33)6-7-28-23(37)20(36)25(2,3)11-46-52(43,44)49-51(41,42)45-10-14-19(48-50(38,39)40)18(35)24(47-14)32-13-31-17-21(26)29-12-30-22(17)32/h1,12-14,18-20,24,35-36H,5-11H2,2-3H3,(H,27,33)(H,28,37)(H,41,42)(H,43,44)(H2,26,29,30)(H2,38,39,40)/t14-,18-,19-,20+,24-/m1/s1. The highest BCUT2D eigenvalue weighted by molar-refractivity contribution is 8.13. The van der Waals surface area contributed by atoms with Crippen LogP contribution in [0.3, 0.4) is 0 Å². The van der Waals surface area contributed by atoms with Crippen LogP contribution in [0, 0.1) is 17.8 Å². The maximum absolute atomic E-state index is 12.6. The van der Waals surface area contributed by atoms with Crippen LogP contribution in [0.2, 0.25) is 0 Å². The van der Waals surface area contributed by atoms with Crippen molar-refractivity contribution in [3.63, 3.8) is 0 Å². The van der Waals surface area contributed by atoms with Gasteiger partial charge in [-0.2, -0.15) is 4.31 Å². The summed E-state index contributed by atoms with van der Waals surface area (Å²) >= 11 is 0.952. The molecular formula is C25H38N7O17P3S. The molecule has 2 aromatic rings. The molecule has 24 nitrogen and oxygen atoms in total. The van der Waals surface area contributed by atoms with Crippen molar-refractivity contribution in [2.45, 2.75) is 57.3 Å². The second-order valence-corrected chi connectivity index (χ2v) is 17.1. The molecule has 0 bridgehead atoms. The summed E-state index contributed by atoms with van der Waals surface area (Å²) in [6.07, 6.45) is -1.96. The molecule has 2 aromatic heterocycles. The number of rotatable bonds is 20. The van der Waals surface area contributed by atoms with Crippen molar-refractivity contribution in [3.8, 4) is 12.3 Å². The maximum atomic E-state index is 12.6. The van der Waals surface area contributed by atoms with Crippen LogP contribution in [0.5, 0.6) is 0 Å². The van der Waals surface area contributed by atoms with E-state index < -0.39 is 84.6 Å². The number of hydrogen-bond donors (Lipinski definition) is 9. The van der Waals surface area contributed by atoms with E-state index in [4.69, 9.17) is 25.9 Å². The van der Waals surface area contributed by atoms with Gasteiger partial charge in [-0.15, -0.1) is 6.42 Å². The molecule has 2 unspecified atom stereocenters. The first-order valence-corrected chi connectivity index (χ1v) is 20.5. The molecule has 1 saturated heterocycles. The average molecular weight is 834 g/mol. The normalized spacial score (nSPS) is 22.0. The van der Waals surface area contributed by atoms with Gasteiger partial charge in [-0.25, -0.2) is 28.6 Å². The number of nitrogens with zero attached hydrogens (tertiary/aromatic N) is 4. The first-order valence-electron chi connectivity index (χ1n) is 15.0. The van der Waals surface area contributed by atoms with Crippen molar-refractivity contribution in [1.29, 1.82) is 0 Å². The van der Waals surface area contributed by atoms with Crippen LogP contribution >= 0.6 is 35.2 Å². The minimum Gasteiger partial charge on any atom is -0.386 e. The van der Waals surface area contributed by atoms with Crippen LogP contribution in [-0.4, -0.2) is 123 Å². The maximum Gasteiger partial charge on any atom is 0.481 e. The molecule has 0 radical (unpaired) electrons. The summed E-state index contributed by atoms with van der Waals surface area (Å²) in [4.78, 5) is 86.6. The fourth-order valence-electron chi connectivity index (χ4n) is 4.43. The largest absolute Gasteiger partial charge is 0.481 e. The Morgan fingerprint density at radius 2 is 1.79 bits per heavy atom. The van der Waals surface area contributed by atoms with Crippen molar-refractivity contribution in [2.24, 2.45) is 5.41 Å². The number of hydrogen-bond acceptors (Lipinski definition) is 18. The number of carbonyl (C=O) groups is 3. The first kappa shape index (κ1) is 44.5. The summed E-state index contributed by atoms with van der Waals surface area (Å²) in [5.41, 5.74) is 4.24. The molecule has 3 rings (SSSR count). The third kappa shape index (κ3) is 13.4. The minimum atomic E-state index is -5.57. The third-order valence-electron chi connectivity index (χ3n) is 7.01. The molecule has 0 saturated carbocycles. The fourth-order valence-corrected chi connectivity index (χ4v) is 7.88. The third-order valence-corrected chi connectivity index (χ3v) is 11.0. The lowest BCUT2D eigenvalue weighted by atomic mass is 9.87.